The second-order valence-electron chi connectivity index (χ2n) is 6.08. The van der Waals surface area contributed by atoms with E-state index >= 15 is 0 Å². The molecule has 2 aliphatic rings. The standard InChI is InChI=1S/C15H22ClN3O2S/c1-17(11-13-4-6-14(16)7-5-13)22(20,21)19-10-9-18-8-2-3-15(18)12-19/h4-7,15H,2-3,8-12H2,1H3/t15-/m1/s1. The van der Waals surface area contributed by atoms with Gasteiger partial charge in [-0.25, -0.2) is 0 Å². The lowest BCUT2D eigenvalue weighted by molar-refractivity contribution is 0.153. The van der Waals surface area contributed by atoms with Crippen LogP contribution < -0.4 is 0 Å². The van der Waals surface area contributed by atoms with Crippen LogP contribution in [0.4, 0.5) is 0 Å². The summed E-state index contributed by atoms with van der Waals surface area (Å²) in [6, 6.07) is 7.70. The average Bonchev–Trinajstić information content (AvgIpc) is 2.97. The van der Waals surface area contributed by atoms with Gasteiger partial charge in [0.2, 0.25) is 0 Å². The second kappa shape index (κ2) is 6.45. The SMILES string of the molecule is CN(Cc1ccc(Cl)cc1)S(=O)(=O)N1CCN2CCC[C@@H]2C1. The maximum Gasteiger partial charge on any atom is 0.282 e. The van der Waals surface area contributed by atoms with Gasteiger partial charge in [0.1, 0.15) is 0 Å². The third-order valence-corrected chi connectivity index (χ3v) is 6.74. The van der Waals surface area contributed by atoms with Crippen molar-refractivity contribution in [3.8, 4) is 0 Å². The highest BCUT2D eigenvalue weighted by Gasteiger charge is 2.37. The molecular formula is C15H22ClN3O2S. The lowest BCUT2D eigenvalue weighted by Crippen LogP contribution is -2.54. The fraction of sp³-hybridized carbons (Fsp3) is 0.600. The van der Waals surface area contributed by atoms with Crippen molar-refractivity contribution in [1.82, 2.24) is 13.5 Å². The van der Waals surface area contributed by atoms with Crippen LogP contribution in [0, 0.1) is 0 Å². The van der Waals surface area contributed by atoms with Crippen molar-refractivity contribution in [3.05, 3.63) is 34.9 Å². The zero-order chi connectivity index (χ0) is 15.7. The zero-order valence-corrected chi connectivity index (χ0v) is 14.4. The molecule has 0 radical (unpaired) electrons. The van der Waals surface area contributed by atoms with E-state index in [9.17, 15) is 8.42 Å². The minimum atomic E-state index is -3.40. The number of nitrogens with zero attached hydrogens (tertiary/aromatic N) is 3. The smallest absolute Gasteiger partial charge is 0.282 e. The summed E-state index contributed by atoms with van der Waals surface area (Å²) >= 11 is 5.87. The number of halogens is 1. The molecule has 2 heterocycles. The molecule has 0 bridgehead atoms. The maximum absolute atomic E-state index is 12.8. The largest absolute Gasteiger partial charge is 0.298 e. The Balaban J connectivity index is 1.67. The quantitative estimate of drug-likeness (QED) is 0.837. The maximum atomic E-state index is 12.8. The van der Waals surface area contributed by atoms with Gasteiger partial charge in [0.25, 0.3) is 10.2 Å². The Hall–Kier alpha value is -0.660. The van der Waals surface area contributed by atoms with Gasteiger partial charge < -0.3 is 0 Å². The molecule has 2 aliphatic heterocycles. The van der Waals surface area contributed by atoms with Crippen LogP contribution in [0.25, 0.3) is 0 Å². The topological polar surface area (TPSA) is 43.9 Å². The number of fused-ring (bicyclic) bond motifs is 1. The normalized spacial score (nSPS) is 23.9. The van der Waals surface area contributed by atoms with Gasteiger partial charge in [0, 0.05) is 44.3 Å². The van der Waals surface area contributed by atoms with E-state index in [0.29, 0.717) is 30.7 Å². The molecule has 1 aromatic carbocycles. The Morgan fingerprint density at radius 3 is 2.68 bits per heavy atom. The van der Waals surface area contributed by atoms with Crippen molar-refractivity contribution in [3.63, 3.8) is 0 Å². The Morgan fingerprint density at radius 1 is 1.23 bits per heavy atom. The first-order valence-corrected chi connectivity index (χ1v) is 9.44. The molecule has 5 nitrogen and oxygen atoms in total. The number of rotatable bonds is 4. The summed E-state index contributed by atoms with van der Waals surface area (Å²) in [5.41, 5.74) is 0.940. The van der Waals surface area contributed by atoms with E-state index in [1.807, 2.05) is 12.1 Å². The van der Waals surface area contributed by atoms with Crippen molar-refractivity contribution in [2.45, 2.75) is 25.4 Å². The zero-order valence-electron chi connectivity index (χ0n) is 12.8. The third-order valence-electron chi connectivity index (χ3n) is 4.59. The van der Waals surface area contributed by atoms with E-state index in [4.69, 9.17) is 11.6 Å². The van der Waals surface area contributed by atoms with E-state index in [1.54, 1.807) is 23.5 Å². The van der Waals surface area contributed by atoms with Gasteiger partial charge in [-0.15, -0.1) is 0 Å². The van der Waals surface area contributed by atoms with E-state index in [2.05, 4.69) is 4.90 Å². The predicted molar refractivity (Wildman–Crippen MR) is 88.0 cm³/mol. The van der Waals surface area contributed by atoms with E-state index in [1.165, 1.54) is 10.7 Å². The minimum absolute atomic E-state index is 0.365. The molecule has 2 fully saturated rings. The minimum Gasteiger partial charge on any atom is -0.298 e. The fourth-order valence-corrected chi connectivity index (χ4v) is 4.80. The summed E-state index contributed by atoms with van der Waals surface area (Å²) in [5.74, 6) is 0. The Kier molecular flexibility index (Phi) is 4.75. The molecule has 122 valence electrons. The summed E-state index contributed by atoms with van der Waals surface area (Å²) in [7, 11) is -1.76. The van der Waals surface area contributed by atoms with Crippen LogP contribution in [0.15, 0.2) is 24.3 Å². The molecule has 0 unspecified atom stereocenters. The molecule has 22 heavy (non-hydrogen) atoms. The summed E-state index contributed by atoms with van der Waals surface area (Å²) in [6.07, 6.45) is 2.28. The van der Waals surface area contributed by atoms with Gasteiger partial charge in [-0.1, -0.05) is 23.7 Å². The molecule has 0 amide bonds. The highest BCUT2D eigenvalue weighted by molar-refractivity contribution is 7.86. The van der Waals surface area contributed by atoms with E-state index < -0.39 is 10.2 Å². The molecule has 0 N–H and O–H groups in total. The molecule has 2 saturated heterocycles. The van der Waals surface area contributed by atoms with Gasteiger partial charge in [-0.3, -0.25) is 4.90 Å². The molecule has 3 rings (SSSR count). The summed E-state index contributed by atoms with van der Waals surface area (Å²) in [5, 5.41) is 0.659. The van der Waals surface area contributed by atoms with Crippen LogP contribution in [0.3, 0.4) is 0 Å². The van der Waals surface area contributed by atoms with Crippen LogP contribution in [-0.2, 0) is 16.8 Å². The predicted octanol–water partition coefficient (Wildman–Crippen LogP) is 1.80. The molecule has 0 saturated carbocycles. The highest BCUT2D eigenvalue weighted by Crippen LogP contribution is 2.24. The summed E-state index contributed by atoms with van der Waals surface area (Å²) < 4.78 is 28.6. The fourth-order valence-electron chi connectivity index (χ4n) is 3.30. The van der Waals surface area contributed by atoms with Crippen LogP contribution >= 0.6 is 11.6 Å². The van der Waals surface area contributed by atoms with E-state index in [-0.39, 0.29) is 0 Å². The van der Waals surface area contributed by atoms with Crippen molar-refractivity contribution in [2.24, 2.45) is 0 Å². The van der Waals surface area contributed by atoms with Gasteiger partial charge in [-0.05, 0) is 37.1 Å². The molecule has 0 aromatic heterocycles. The molecule has 1 aromatic rings. The highest BCUT2D eigenvalue weighted by atomic mass is 35.5. The monoisotopic (exact) mass is 343 g/mol. The lowest BCUT2D eigenvalue weighted by atomic mass is 10.2. The first-order chi connectivity index (χ1) is 10.5. The van der Waals surface area contributed by atoms with E-state index in [0.717, 1.165) is 25.1 Å². The van der Waals surface area contributed by atoms with Gasteiger partial charge in [0.15, 0.2) is 0 Å². The number of piperazine rings is 1. The average molecular weight is 344 g/mol. The summed E-state index contributed by atoms with van der Waals surface area (Å²) in [4.78, 5) is 2.41. The number of hydrogen-bond donors (Lipinski definition) is 0. The first-order valence-electron chi connectivity index (χ1n) is 7.67. The number of hydrogen-bond acceptors (Lipinski definition) is 3. The molecule has 7 heteroatoms. The van der Waals surface area contributed by atoms with Crippen molar-refractivity contribution in [1.29, 1.82) is 0 Å². The van der Waals surface area contributed by atoms with Crippen LogP contribution in [0.5, 0.6) is 0 Å². The van der Waals surface area contributed by atoms with Crippen molar-refractivity contribution in [2.75, 3.05) is 33.2 Å². The Bertz CT molecular complexity index is 620. The molecule has 1 atom stereocenters. The van der Waals surface area contributed by atoms with Crippen molar-refractivity contribution >= 4 is 21.8 Å². The molecule has 0 aliphatic carbocycles. The molecular weight excluding hydrogens is 322 g/mol. The van der Waals surface area contributed by atoms with Crippen LogP contribution in [0.1, 0.15) is 18.4 Å². The second-order valence-corrected chi connectivity index (χ2v) is 8.55. The van der Waals surface area contributed by atoms with Gasteiger partial charge >= 0.3 is 0 Å². The molecule has 0 spiro atoms. The Labute approximate surface area is 137 Å². The third kappa shape index (κ3) is 3.31. The van der Waals surface area contributed by atoms with Crippen molar-refractivity contribution < 1.29 is 8.42 Å². The van der Waals surface area contributed by atoms with Crippen LogP contribution in [-0.4, -0.2) is 61.2 Å². The Morgan fingerprint density at radius 2 is 1.95 bits per heavy atom. The van der Waals surface area contributed by atoms with Crippen LogP contribution in [0.2, 0.25) is 5.02 Å². The summed E-state index contributed by atoms with van der Waals surface area (Å²) in [6.45, 7) is 3.53. The number of benzene rings is 1. The van der Waals surface area contributed by atoms with Gasteiger partial charge in [0.05, 0.1) is 0 Å². The first kappa shape index (κ1) is 16.2. The van der Waals surface area contributed by atoms with Gasteiger partial charge in [-0.2, -0.15) is 17.0 Å². The lowest BCUT2D eigenvalue weighted by Gasteiger charge is -2.38.